The summed E-state index contributed by atoms with van der Waals surface area (Å²) >= 11 is 1.36. The molecule has 1 saturated heterocycles. The normalized spacial score (nSPS) is 18.5. The maximum atomic E-state index is 12.3. The summed E-state index contributed by atoms with van der Waals surface area (Å²) in [6, 6.07) is 9.84. The van der Waals surface area contributed by atoms with Crippen molar-refractivity contribution in [3.8, 4) is 0 Å². The van der Waals surface area contributed by atoms with Crippen LogP contribution in [0.3, 0.4) is 0 Å². The standard InChI is InChI=1S/C16H21N5O2S/c1-12(15(22)17-10-13-6-3-2-4-7-13)24-16-18-19-20-21(16)11-14-8-5-9-23-14/h2-4,6-7,12,14H,5,8-11H2,1H3,(H,17,22). The molecule has 128 valence electrons. The van der Waals surface area contributed by atoms with Crippen LogP contribution in [0.5, 0.6) is 0 Å². The van der Waals surface area contributed by atoms with E-state index < -0.39 is 0 Å². The Bertz CT molecular complexity index is 657. The summed E-state index contributed by atoms with van der Waals surface area (Å²) in [5.41, 5.74) is 1.08. The first-order valence-electron chi connectivity index (χ1n) is 8.08. The van der Waals surface area contributed by atoms with E-state index in [4.69, 9.17) is 4.74 Å². The number of ether oxygens (including phenoxy) is 1. The number of carbonyl (C=O) groups excluding carboxylic acids is 1. The van der Waals surface area contributed by atoms with Crippen LogP contribution < -0.4 is 5.32 Å². The summed E-state index contributed by atoms with van der Waals surface area (Å²) in [6.07, 6.45) is 2.26. The van der Waals surface area contributed by atoms with Crippen molar-refractivity contribution in [3.63, 3.8) is 0 Å². The van der Waals surface area contributed by atoms with Crippen LogP contribution in [-0.2, 0) is 22.6 Å². The molecule has 8 heteroatoms. The van der Waals surface area contributed by atoms with E-state index in [9.17, 15) is 4.79 Å². The Morgan fingerprint density at radius 2 is 2.29 bits per heavy atom. The van der Waals surface area contributed by atoms with Gasteiger partial charge in [0, 0.05) is 13.2 Å². The minimum Gasteiger partial charge on any atom is -0.376 e. The van der Waals surface area contributed by atoms with Gasteiger partial charge in [-0.15, -0.1) is 5.10 Å². The monoisotopic (exact) mass is 347 g/mol. The smallest absolute Gasteiger partial charge is 0.233 e. The van der Waals surface area contributed by atoms with Gasteiger partial charge in [0.05, 0.1) is 17.9 Å². The fraction of sp³-hybridized carbons (Fsp3) is 0.500. The Morgan fingerprint density at radius 1 is 1.46 bits per heavy atom. The third kappa shape index (κ3) is 4.55. The molecule has 2 unspecified atom stereocenters. The minimum absolute atomic E-state index is 0.0319. The van der Waals surface area contributed by atoms with Gasteiger partial charge in [-0.25, -0.2) is 4.68 Å². The maximum Gasteiger partial charge on any atom is 0.233 e. The molecule has 0 saturated carbocycles. The highest BCUT2D eigenvalue weighted by molar-refractivity contribution is 8.00. The van der Waals surface area contributed by atoms with Crippen molar-refractivity contribution in [1.82, 2.24) is 25.5 Å². The van der Waals surface area contributed by atoms with Gasteiger partial charge in [-0.05, 0) is 35.8 Å². The van der Waals surface area contributed by atoms with Crippen molar-refractivity contribution in [2.45, 2.75) is 49.4 Å². The van der Waals surface area contributed by atoms with Crippen LogP contribution in [0.25, 0.3) is 0 Å². The summed E-state index contributed by atoms with van der Waals surface area (Å²) in [5, 5.41) is 15.1. The molecule has 1 fully saturated rings. The first-order valence-corrected chi connectivity index (χ1v) is 8.96. The number of benzene rings is 1. The quantitative estimate of drug-likeness (QED) is 0.767. The van der Waals surface area contributed by atoms with Crippen LogP contribution in [0.2, 0.25) is 0 Å². The van der Waals surface area contributed by atoms with Crippen molar-refractivity contribution in [1.29, 1.82) is 0 Å². The summed E-state index contributed by atoms with van der Waals surface area (Å²) in [4.78, 5) is 12.3. The van der Waals surface area contributed by atoms with Gasteiger partial charge in [0.2, 0.25) is 11.1 Å². The van der Waals surface area contributed by atoms with Gasteiger partial charge in [-0.3, -0.25) is 4.79 Å². The average molecular weight is 347 g/mol. The molecule has 24 heavy (non-hydrogen) atoms. The Hall–Kier alpha value is -1.93. The molecule has 7 nitrogen and oxygen atoms in total. The summed E-state index contributed by atoms with van der Waals surface area (Å²) in [6.45, 7) is 3.81. The number of nitrogens with zero attached hydrogens (tertiary/aromatic N) is 4. The van der Waals surface area contributed by atoms with E-state index in [0.29, 0.717) is 18.2 Å². The number of hydrogen-bond acceptors (Lipinski definition) is 6. The lowest BCUT2D eigenvalue weighted by molar-refractivity contribution is -0.120. The van der Waals surface area contributed by atoms with Gasteiger partial charge in [0.1, 0.15) is 0 Å². The SMILES string of the molecule is CC(Sc1nnnn1CC1CCCO1)C(=O)NCc1ccccc1. The van der Waals surface area contributed by atoms with Gasteiger partial charge < -0.3 is 10.1 Å². The number of amides is 1. The molecule has 1 amide bonds. The molecule has 3 rings (SSSR count). The highest BCUT2D eigenvalue weighted by Crippen LogP contribution is 2.22. The molecule has 0 aliphatic carbocycles. The van der Waals surface area contributed by atoms with E-state index in [1.165, 1.54) is 11.8 Å². The van der Waals surface area contributed by atoms with Crippen LogP contribution in [-0.4, -0.2) is 44.1 Å². The first-order chi connectivity index (χ1) is 11.7. The molecule has 1 N–H and O–H groups in total. The highest BCUT2D eigenvalue weighted by Gasteiger charge is 2.22. The number of hydrogen-bond donors (Lipinski definition) is 1. The van der Waals surface area contributed by atoms with Crippen molar-refractivity contribution >= 4 is 17.7 Å². The molecule has 2 heterocycles. The Labute approximate surface area is 145 Å². The molecule has 0 bridgehead atoms. The van der Waals surface area contributed by atoms with Crippen molar-refractivity contribution in [2.24, 2.45) is 0 Å². The molecule has 2 atom stereocenters. The third-order valence-electron chi connectivity index (χ3n) is 3.86. The Balaban J connectivity index is 1.51. The van der Waals surface area contributed by atoms with Gasteiger partial charge in [-0.1, -0.05) is 42.1 Å². The van der Waals surface area contributed by atoms with Crippen LogP contribution in [0.15, 0.2) is 35.5 Å². The molecule has 1 aromatic carbocycles. The van der Waals surface area contributed by atoms with E-state index in [1.807, 2.05) is 37.3 Å². The predicted molar refractivity (Wildman–Crippen MR) is 90.4 cm³/mol. The van der Waals surface area contributed by atoms with Gasteiger partial charge in [0.15, 0.2) is 0 Å². The van der Waals surface area contributed by atoms with Crippen molar-refractivity contribution < 1.29 is 9.53 Å². The van der Waals surface area contributed by atoms with E-state index in [0.717, 1.165) is 25.0 Å². The van der Waals surface area contributed by atoms with Crippen LogP contribution >= 0.6 is 11.8 Å². The molecule has 0 spiro atoms. The number of rotatable bonds is 7. The maximum absolute atomic E-state index is 12.3. The first kappa shape index (κ1) is 16.9. The molecular formula is C16H21N5O2S. The fourth-order valence-corrected chi connectivity index (χ4v) is 3.34. The third-order valence-corrected chi connectivity index (χ3v) is 4.93. The van der Waals surface area contributed by atoms with Crippen LogP contribution in [0, 0.1) is 0 Å². The molecule has 2 aromatic rings. The lowest BCUT2D eigenvalue weighted by Crippen LogP contribution is -2.30. The fourth-order valence-electron chi connectivity index (χ4n) is 2.52. The largest absolute Gasteiger partial charge is 0.376 e. The second-order valence-corrected chi connectivity index (χ2v) is 7.05. The Kier molecular flexibility index (Phi) is 5.81. The van der Waals surface area contributed by atoms with Crippen molar-refractivity contribution in [3.05, 3.63) is 35.9 Å². The predicted octanol–water partition coefficient (Wildman–Crippen LogP) is 1.65. The lowest BCUT2D eigenvalue weighted by Gasteiger charge is -2.13. The number of tetrazole rings is 1. The zero-order valence-corrected chi connectivity index (χ0v) is 14.4. The summed E-state index contributed by atoms with van der Waals surface area (Å²) in [5.74, 6) is -0.0319. The van der Waals surface area contributed by atoms with Gasteiger partial charge >= 0.3 is 0 Å². The zero-order chi connectivity index (χ0) is 16.8. The lowest BCUT2D eigenvalue weighted by atomic mass is 10.2. The van der Waals surface area contributed by atoms with Crippen molar-refractivity contribution in [2.75, 3.05) is 6.61 Å². The second-order valence-electron chi connectivity index (χ2n) is 5.74. The molecule has 1 aromatic heterocycles. The number of aromatic nitrogens is 4. The summed E-state index contributed by atoms with van der Waals surface area (Å²) < 4.78 is 7.34. The minimum atomic E-state index is -0.275. The average Bonchev–Trinajstić information content (AvgIpc) is 3.26. The molecular weight excluding hydrogens is 326 g/mol. The number of nitrogens with one attached hydrogen (secondary N) is 1. The summed E-state index contributed by atoms with van der Waals surface area (Å²) in [7, 11) is 0. The topological polar surface area (TPSA) is 81.9 Å². The number of carbonyl (C=O) groups is 1. The molecule has 1 aliphatic rings. The van der Waals surface area contributed by atoms with Crippen LogP contribution in [0.4, 0.5) is 0 Å². The second kappa shape index (κ2) is 8.25. The van der Waals surface area contributed by atoms with E-state index in [1.54, 1.807) is 4.68 Å². The highest BCUT2D eigenvalue weighted by atomic mass is 32.2. The van der Waals surface area contributed by atoms with E-state index in [2.05, 4.69) is 20.8 Å². The number of thioether (sulfide) groups is 1. The van der Waals surface area contributed by atoms with E-state index in [-0.39, 0.29) is 17.3 Å². The molecule has 0 radical (unpaired) electrons. The van der Waals surface area contributed by atoms with Gasteiger partial charge in [0.25, 0.3) is 0 Å². The van der Waals surface area contributed by atoms with Gasteiger partial charge in [-0.2, -0.15) is 0 Å². The van der Waals surface area contributed by atoms with E-state index >= 15 is 0 Å². The molecule has 1 aliphatic heterocycles. The van der Waals surface area contributed by atoms with Crippen LogP contribution in [0.1, 0.15) is 25.3 Å². The zero-order valence-electron chi connectivity index (χ0n) is 13.6. The Morgan fingerprint density at radius 3 is 3.04 bits per heavy atom.